The number of aryl methyl sites for hydroxylation is 1. The highest BCUT2D eigenvalue weighted by Gasteiger charge is 2.23. The Hall–Kier alpha value is -3.23. The number of hydrogen-bond donors (Lipinski definition) is 1. The van der Waals surface area contributed by atoms with Crippen LogP contribution in [-0.2, 0) is 13.6 Å². The van der Waals surface area contributed by atoms with E-state index in [1.54, 1.807) is 23.9 Å². The van der Waals surface area contributed by atoms with Gasteiger partial charge in [0, 0.05) is 50.4 Å². The lowest BCUT2D eigenvalue weighted by atomic mass is 10.1. The summed E-state index contributed by atoms with van der Waals surface area (Å²) in [7, 11) is 1.78. The molecular formula is C23H23ClFN7. The summed E-state index contributed by atoms with van der Waals surface area (Å²) in [4.78, 5) is 14.1. The van der Waals surface area contributed by atoms with Crippen LogP contribution in [0.1, 0.15) is 5.56 Å². The lowest BCUT2D eigenvalue weighted by molar-refractivity contribution is 0.249. The molecule has 7 nitrogen and oxygen atoms in total. The molecule has 0 amide bonds. The lowest BCUT2D eigenvalue weighted by Gasteiger charge is -2.34. The fourth-order valence-electron chi connectivity index (χ4n) is 4.02. The Morgan fingerprint density at radius 2 is 1.66 bits per heavy atom. The van der Waals surface area contributed by atoms with Gasteiger partial charge >= 0.3 is 0 Å². The summed E-state index contributed by atoms with van der Waals surface area (Å²) < 4.78 is 15.1. The van der Waals surface area contributed by atoms with Crippen molar-refractivity contribution in [2.75, 3.05) is 36.8 Å². The van der Waals surface area contributed by atoms with Gasteiger partial charge in [-0.3, -0.25) is 9.58 Å². The molecule has 1 fully saturated rings. The van der Waals surface area contributed by atoms with Crippen LogP contribution in [-0.4, -0.2) is 50.8 Å². The molecule has 5 rings (SSSR count). The van der Waals surface area contributed by atoms with Gasteiger partial charge in [0.15, 0.2) is 5.65 Å². The first-order chi connectivity index (χ1) is 15.5. The predicted octanol–water partition coefficient (Wildman–Crippen LogP) is 3.73. The Balaban J connectivity index is 1.41. The topological polar surface area (TPSA) is 76.1 Å². The zero-order valence-electron chi connectivity index (χ0n) is 17.7. The number of anilines is 2. The molecule has 1 saturated heterocycles. The molecule has 3 heterocycles. The average Bonchev–Trinajstić information content (AvgIpc) is 3.09. The average molecular weight is 452 g/mol. The van der Waals surface area contributed by atoms with Crippen molar-refractivity contribution >= 4 is 34.4 Å². The van der Waals surface area contributed by atoms with E-state index in [1.165, 1.54) is 17.7 Å². The second kappa shape index (κ2) is 8.37. The summed E-state index contributed by atoms with van der Waals surface area (Å²) >= 11 is 5.99. The van der Waals surface area contributed by atoms with Gasteiger partial charge in [0.05, 0.1) is 11.1 Å². The number of hydrogen-bond acceptors (Lipinski definition) is 6. The standard InChI is InChI=1S/C23H23ClFN7/c1-30-21(26)19-20(16-4-8-18(25)9-5-16)27-23(28-22(19)29-30)32-12-10-31(11-13-32)14-15-2-6-17(24)7-3-15/h2-9H,10-14,26H2,1H3. The number of piperazine rings is 1. The highest BCUT2D eigenvalue weighted by molar-refractivity contribution is 6.30. The second-order valence-electron chi connectivity index (χ2n) is 7.98. The molecule has 2 N–H and O–H groups in total. The van der Waals surface area contributed by atoms with E-state index in [2.05, 4.69) is 27.0 Å². The smallest absolute Gasteiger partial charge is 0.228 e. The van der Waals surface area contributed by atoms with E-state index in [9.17, 15) is 4.39 Å². The maximum Gasteiger partial charge on any atom is 0.228 e. The summed E-state index contributed by atoms with van der Waals surface area (Å²) in [5.74, 6) is 0.801. The summed E-state index contributed by atoms with van der Waals surface area (Å²) in [6.07, 6.45) is 0. The number of nitrogens with zero attached hydrogens (tertiary/aromatic N) is 6. The summed E-state index contributed by atoms with van der Waals surface area (Å²) in [6, 6.07) is 14.2. The van der Waals surface area contributed by atoms with Gasteiger partial charge < -0.3 is 10.6 Å². The van der Waals surface area contributed by atoms with E-state index in [1.807, 2.05) is 12.1 Å². The van der Waals surface area contributed by atoms with Crippen molar-refractivity contribution in [1.82, 2.24) is 24.6 Å². The number of fused-ring (bicyclic) bond motifs is 1. The molecule has 0 radical (unpaired) electrons. The van der Waals surface area contributed by atoms with E-state index >= 15 is 0 Å². The highest BCUT2D eigenvalue weighted by Crippen LogP contribution is 2.32. The molecule has 0 atom stereocenters. The van der Waals surface area contributed by atoms with E-state index < -0.39 is 0 Å². The van der Waals surface area contributed by atoms with Crippen molar-refractivity contribution in [3.63, 3.8) is 0 Å². The largest absolute Gasteiger partial charge is 0.383 e. The number of aromatic nitrogens is 4. The van der Waals surface area contributed by atoms with Crippen LogP contribution < -0.4 is 10.6 Å². The minimum absolute atomic E-state index is 0.296. The Morgan fingerprint density at radius 1 is 0.969 bits per heavy atom. The Morgan fingerprint density at radius 3 is 2.34 bits per heavy atom. The number of rotatable bonds is 4. The maximum atomic E-state index is 13.5. The SMILES string of the molecule is Cn1nc2nc(N3CCN(Cc4ccc(Cl)cc4)CC3)nc(-c3ccc(F)cc3)c2c1N. The lowest BCUT2D eigenvalue weighted by Crippen LogP contribution is -2.46. The first-order valence-corrected chi connectivity index (χ1v) is 10.8. The van der Waals surface area contributed by atoms with E-state index in [0.717, 1.165) is 43.3 Å². The van der Waals surface area contributed by atoms with E-state index in [0.29, 0.717) is 28.5 Å². The van der Waals surface area contributed by atoms with Crippen LogP contribution in [0.2, 0.25) is 5.02 Å². The van der Waals surface area contributed by atoms with Crippen molar-refractivity contribution in [2.45, 2.75) is 6.54 Å². The van der Waals surface area contributed by atoms with Crippen LogP contribution in [0.15, 0.2) is 48.5 Å². The highest BCUT2D eigenvalue weighted by atomic mass is 35.5. The maximum absolute atomic E-state index is 13.5. The van der Waals surface area contributed by atoms with Crippen LogP contribution in [0.25, 0.3) is 22.3 Å². The van der Waals surface area contributed by atoms with E-state index in [-0.39, 0.29) is 5.82 Å². The van der Waals surface area contributed by atoms with Gasteiger partial charge in [-0.15, -0.1) is 0 Å². The quantitative estimate of drug-likeness (QED) is 0.509. The third-order valence-corrected chi connectivity index (χ3v) is 6.07. The van der Waals surface area contributed by atoms with Gasteiger partial charge in [0.2, 0.25) is 5.95 Å². The molecule has 0 spiro atoms. The minimum Gasteiger partial charge on any atom is -0.383 e. The monoisotopic (exact) mass is 451 g/mol. The number of nitrogens with two attached hydrogens (primary N) is 1. The zero-order chi connectivity index (χ0) is 22.2. The Labute approximate surface area is 190 Å². The van der Waals surface area contributed by atoms with Crippen LogP contribution in [0, 0.1) is 5.82 Å². The molecule has 0 saturated carbocycles. The summed E-state index contributed by atoms with van der Waals surface area (Å²) in [6.45, 7) is 4.25. The minimum atomic E-state index is -0.296. The molecule has 0 unspecified atom stereocenters. The molecule has 0 bridgehead atoms. The van der Waals surface area contributed by atoms with Crippen molar-refractivity contribution in [2.24, 2.45) is 7.05 Å². The number of halogens is 2. The molecule has 0 aliphatic carbocycles. The van der Waals surface area contributed by atoms with Crippen molar-refractivity contribution in [3.05, 3.63) is 64.9 Å². The summed E-state index contributed by atoms with van der Waals surface area (Å²) in [5.41, 5.74) is 9.48. The van der Waals surface area contributed by atoms with Gasteiger partial charge in [-0.05, 0) is 42.0 Å². The van der Waals surface area contributed by atoms with E-state index in [4.69, 9.17) is 27.3 Å². The molecular weight excluding hydrogens is 429 g/mol. The molecule has 4 aromatic rings. The van der Waals surface area contributed by atoms with Crippen LogP contribution in [0.3, 0.4) is 0 Å². The third kappa shape index (κ3) is 3.99. The first-order valence-electron chi connectivity index (χ1n) is 10.5. The molecule has 9 heteroatoms. The molecule has 1 aliphatic rings. The molecule has 2 aromatic heterocycles. The van der Waals surface area contributed by atoms with Crippen molar-refractivity contribution in [1.29, 1.82) is 0 Å². The Bertz CT molecular complexity index is 1250. The molecule has 1 aliphatic heterocycles. The second-order valence-corrected chi connectivity index (χ2v) is 8.41. The fourth-order valence-corrected chi connectivity index (χ4v) is 4.14. The molecule has 2 aromatic carbocycles. The van der Waals surface area contributed by atoms with Crippen molar-refractivity contribution in [3.8, 4) is 11.3 Å². The summed E-state index contributed by atoms with van der Waals surface area (Å²) in [5, 5.41) is 5.90. The first kappa shape index (κ1) is 20.7. The number of nitrogen functional groups attached to an aromatic ring is 1. The normalized spacial score (nSPS) is 14.9. The van der Waals surface area contributed by atoms with Gasteiger partial charge in [-0.1, -0.05) is 23.7 Å². The van der Waals surface area contributed by atoms with Crippen LogP contribution in [0.4, 0.5) is 16.2 Å². The van der Waals surface area contributed by atoms with Gasteiger partial charge in [-0.2, -0.15) is 10.1 Å². The predicted molar refractivity (Wildman–Crippen MR) is 125 cm³/mol. The van der Waals surface area contributed by atoms with Crippen LogP contribution in [0.5, 0.6) is 0 Å². The van der Waals surface area contributed by atoms with Crippen molar-refractivity contribution < 1.29 is 4.39 Å². The molecule has 164 valence electrons. The van der Waals surface area contributed by atoms with Gasteiger partial charge in [0.25, 0.3) is 0 Å². The fraction of sp³-hybridized carbons (Fsp3) is 0.261. The zero-order valence-corrected chi connectivity index (χ0v) is 18.4. The molecule has 32 heavy (non-hydrogen) atoms. The third-order valence-electron chi connectivity index (χ3n) is 5.82. The van der Waals surface area contributed by atoms with Gasteiger partial charge in [0.1, 0.15) is 11.6 Å². The van der Waals surface area contributed by atoms with Crippen LogP contribution >= 0.6 is 11.6 Å². The number of benzene rings is 2. The van der Waals surface area contributed by atoms with Gasteiger partial charge in [-0.25, -0.2) is 9.37 Å². The Kier molecular flexibility index (Phi) is 5.40.